The third kappa shape index (κ3) is 4.59. The van der Waals surface area contributed by atoms with Crippen LogP contribution in [0.4, 0.5) is 0 Å². The standard InChI is InChI=1S/C13H28BN/c1-3-4-5-6-11(2)12-7-9-13(15-14)10-8-12/h11-13,15H,3-10,14H2,1-2H3. The summed E-state index contributed by atoms with van der Waals surface area (Å²) in [6.45, 7) is 4.77. The van der Waals surface area contributed by atoms with Crippen LogP contribution in [0.25, 0.3) is 0 Å². The fourth-order valence-corrected chi connectivity index (χ4v) is 2.93. The minimum absolute atomic E-state index is 0.809. The summed E-state index contributed by atoms with van der Waals surface area (Å²) in [7, 11) is 2.11. The zero-order valence-corrected chi connectivity index (χ0v) is 10.9. The van der Waals surface area contributed by atoms with Gasteiger partial charge in [0, 0.05) is 0 Å². The smallest absolute Gasteiger partial charge is 0.182 e. The van der Waals surface area contributed by atoms with Crippen LogP contribution in [0, 0.1) is 11.8 Å². The first-order valence-electron chi connectivity index (χ1n) is 6.95. The minimum Gasteiger partial charge on any atom is -0.359 e. The molecule has 88 valence electrons. The summed E-state index contributed by atoms with van der Waals surface area (Å²) in [5.74, 6) is 1.99. The van der Waals surface area contributed by atoms with Crippen molar-refractivity contribution in [2.24, 2.45) is 11.8 Å². The first kappa shape index (κ1) is 13.1. The Kier molecular flexibility index (Phi) is 6.39. The van der Waals surface area contributed by atoms with E-state index in [0.29, 0.717) is 0 Å². The van der Waals surface area contributed by atoms with Crippen molar-refractivity contribution in [2.45, 2.75) is 71.3 Å². The molecule has 1 saturated carbocycles. The predicted molar refractivity (Wildman–Crippen MR) is 70.7 cm³/mol. The van der Waals surface area contributed by atoms with Gasteiger partial charge in [0.2, 0.25) is 0 Å². The van der Waals surface area contributed by atoms with Crippen molar-refractivity contribution in [1.29, 1.82) is 0 Å². The van der Waals surface area contributed by atoms with Gasteiger partial charge in [0.25, 0.3) is 0 Å². The van der Waals surface area contributed by atoms with Crippen LogP contribution in [0.2, 0.25) is 0 Å². The van der Waals surface area contributed by atoms with Crippen molar-refractivity contribution >= 4 is 7.98 Å². The van der Waals surface area contributed by atoms with Gasteiger partial charge in [-0.2, -0.15) is 0 Å². The van der Waals surface area contributed by atoms with Gasteiger partial charge in [-0.05, 0) is 43.6 Å². The van der Waals surface area contributed by atoms with E-state index in [1.807, 2.05) is 0 Å². The molecule has 0 aromatic carbocycles. The molecule has 1 rings (SSSR count). The molecule has 1 unspecified atom stereocenters. The Morgan fingerprint density at radius 2 is 1.87 bits per heavy atom. The lowest BCUT2D eigenvalue weighted by Crippen LogP contribution is -2.32. The third-order valence-electron chi connectivity index (χ3n) is 4.25. The van der Waals surface area contributed by atoms with Crippen LogP contribution in [-0.4, -0.2) is 14.0 Å². The van der Waals surface area contributed by atoms with Gasteiger partial charge in [-0.1, -0.05) is 39.5 Å². The van der Waals surface area contributed by atoms with E-state index in [1.54, 1.807) is 0 Å². The van der Waals surface area contributed by atoms with Crippen LogP contribution in [-0.2, 0) is 0 Å². The van der Waals surface area contributed by atoms with Gasteiger partial charge in [0.1, 0.15) is 0 Å². The Labute approximate surface area is 96.8 Å². The average Bonchev–Trinajstić information content (AvgIpc) is 2.29. The minimum atomic E-state index is 0.809. The highest BCUT2D eigenvalue weighted by molar-refractivity contribution is 6.04. The Hall–Kier alpha value is 0.0249. The van der Waals surface area contributed by atoms with Crippen LogP contribution >= 0.6 is 0 Å². The van der Waals surface area contributed by atoms with Crippen molar-refractivity contribution < 1.29 is 0 Å². The van der Waals surface area contributed by atoms with Gasteiger partial charge in [-0.25, -0.2) is 0 Å². The molecule has 0 saturated heterocycles. The van der Waals surface area contributed by atoms with Crippen molar-refractivity contribution in [3.63, 3.8) is 0 Å². The van der Waals surface area contributed by atoms with E-state index in [9.17, 15) is 0 Å². The van der Waals surface area contributed by atoms with Gasteiger partial charge in [0.15, 0.2) is 7.98 Å². The first-order chi connectivity index (χ1) is 7.27. The Bertz CT molecular complexity index is 153. The lowest BCUT2D eigenvalue weighted by molar-refractivity contribution is 0.227. The van der Waals surface area contributed by atoms with Crippen LogP contribution in [0.3, 0.4) is 0 Å². The van der Waals surface area contributed by atoms with Crippen LogP contribution in [0.1, 0.15) is 65.2 Å². The van der Waals surface area contributed by atoms with E-state index in [2.05, 4.69) is 27.1 Å². The van der Waals surface area contributed by atoms with Crippen LogP contribution in [0.5, 0.6) is 0 Å². The second-order valence-electron chi connectivity index (χ2n) is 5.37. The molecular formula is C13H28BN. The second kappa shape index (κ2) is 7.32. The summed E-state index contributed by atoms with van der Waals surface area (Å²) < 4.78 is 0. The molecule has 1 atom stereocenters. The fourth-order valence-electron chi connectivity index (χ4n) is 2.93. The molecule has 0 bridgehead atoms. The molecule has 1 fully saturated rings. The molecule has 0 aliphatic heterocycles. The van der Waals surface area contributed by atoms with E-state index in [0.717, 1.165) is 17.9 Å². The van der Waals surface area contributed by atoms with E-state index >= 15 is 0 Å². The van der Waals surface area contributed by atoms with Crippen LogP contribution < -0.4 is 5.23 Å². The number of rotatable bonds is 6. The molecular weight excluding hydrogens is 181 g/mol. The molecule has 0 amide bonds. The molecule has 0 aromatic rings. The summed E-state index contributed by atoms with van der Waals surface area (Å²) in [5, 5.41) is 3.42. The van der Waals surface area contributed by atoms with Crippen LogP contribution in [0.15, 0.2) is 0 Å². The summed E-state index contributed by atoms with van der Waals surface area (Å²) >= 11 is 0. The highest BCUT2D eigenvalue weighted by atomic mass is 14.8. The fraction of sp³-hybridized carbons (Fsp3) is 1.00. The van der Waals surface area contributed by atoms with Gasteiger partial charge < -0.3 is 5.23 Å². The maximum atomic E-state index is 3.42. The summed E-state index contributed by atoms with van der Waals surface area (Å²) in [6, 6.07) is 0.809. The lowest BCUT2D eigenvalue weighted by atomic mass is 9.77. The topological polar surface area (TPSA) is 12.0 Å². The molecule has 2 heteroatoms. The summed E-state index contributed by atoms with van der Waals surface area (Å²) in [5.41, 5.74) is 0. The zero-order chi connectivity index (χ0) is 11.1. The Morgan fingerprint density at radius 3 is 2.40 bits per heavy atom. The molecule has 1 aliphatic rings. The Balaban J connectivity index is 2.15. The maximum Gasteiger partial charge on any atom is 0.182 e. The van der Waals surface area contributed by atoms with Crippen molar-refractivity contribution in [2.75, 3.05) is 0 Å². The maximum absolute atomic E-state index is 3.42. The number of hydrogen-bond donors (Lipinski definition) is 1. The van der Waals surface area contributed by atoms with E-state index < -0.39 is 0 Å². The normalized spacial score (nSPS) is 28.9. The quantitative estimate of drug-likeness (QED) is 0.524. The molecule has 0 spiro atoms. The van der Waals surface area contributed by atoms with E-state index in [1.165, 1.54) is 51.4 Å². The lowest BCUT2D eigenvalue weighted by Gasteiger charge is -2.32. The van der Waals surface area contributed by atoms with Crippen molar-refractivity contribution in [3.05, 3.63) is 0 Å². The summed E-state index contributed by atoms with van der Waals surface area (Å²) in [6.07, 6.45) is 11.4. The number of nitrogens with one attached hydrogen (secondary N) is 1. The first-order valence-corrected chi connectivity index (χ1v) is 6.95. The van der Waals surface area contributed by atoms with Crippen molar-refractivity contribution in [3.8, 4) is 0 Å². The predicted octanol–water partition coefficient (Wildman–Crippen LogP) is 2.90. The van der Waals surface area contributed by atoms with Crippen molar-refractivity contribution in [1.82, 2.24) is 5.23 Å². The SMILES string of the molecule is BNC1CCC(C(C)CCCCC)CC1. The molecule has 15 heavy (non-hydrogen) atoms. The van der Waals surface area contributed by atoms with Gasteiger partial charge >= 0.3 is 0 Å². The van der Waals surface area contributed by atoms with Gasteiger partial charge in [-0.15, -0.1) is 0 Å². The molecule has 1 aliphatic carbocycles. The zero-order valence-electron chi connectivity index (χ0n) is 10.9. The summed E-state index contributed by atoms with van der Waals surface area (Å²) in [4.78, 5) is 0. The number of unbranched alkanes of at least 4 members (excludes halogenated alkanes) is 2. The molecule has 1 N–H and O–H groups in total. The van der Waals surface area contributed by atoms with E-state index in [-0.39, 0.29) is 0 Å². The Morgan fingerprint density at radius 1 is 1.20 bits per heavy atom. The highest BCUT2D eigenvalue weighted by Gasteiger charge is 2.23. The monoisotopic (exact) mass is 209 g/mol. The largest absolute Gasteiger partial charge is 0.359 e. The van der Waals surface area contributed by atoms with Gasteiger partial charge in [0.05, 0.1) is 0 Å². The third-order valence-corrected chi connectivity index (χ3v) is 4.25. The number of hydrogen-bond acceptors (Lipinski definition) is 1. The average molecular weight is 209 g/mol. The molecule has 0 heterocycles. The van der Waals surface area contributed by atoms with Gasteiger partial charge in [-0.3, -0.25) is 0 Å². The molecule has 0 aromatic heterocycles. The molecule has 0 radical (unpaired) electrons. The highest BCUT2D eigenvalue weighted by Crippen LogP contribution is 2.32. The second-order valence-corrected chi connectivity index (χ2v) is 5.37. The van der Waals surface area contributed by atoms with E-state index in [4.69, 9.17) is 0 Å². The molecule has 1 nitrogen and oxygen atoms in total.